The van der Waals surface area contributed by atoms with E-state index in [1.807, 2.05) is 6.92 Å². The summed E-state index contributed by atoms with van der Waals surface area (Å²) in [5, 5.41) is 11.8. The summed E-state index contributed by atoms with van der Waals surface area (Å²) >= 11 is 0. The van der Waals surface area contributed by atoms with Gasteiger partial charge in [-0.25, -0.2) is 8.78 Å². The first-order chi connectivity index (χ1) is 11.9. The Morgan fingerprint density at radius 2 is 1.88 bits per heavy atom. The van der Waals surface area contributed by atoms with Gasteiger partial charge in [-0.05, 0) is 31.0 Å². The number of halogens is 2. The number of benzene rings is 1. The number of amides is 2. The molecule has 134 valence electrons. The molecule has 0 aliphatic rings. The van der Waals surface area contributed by atoms with E-state index in [1.54, 1.807) is 13.0 Å². The Morgan fingerprint density at radius 1 is 1.20 bits per heavy atom. The van der Waals surface area contributed by atoms with Crippen LogP contribution in [0.15, 0.2) is 24.3 Å². The normalized spacial score (nSPS) is 11.8. The molecule has 3 N–H and O–H groups in total. The minimum Gasteiger partial charge on any atom is -0.344 e. The lowest BCUT2D eigenvalue weighted by Gasteiger charge is -2.17. The third-order valence-corrected chi connectivity index (χ3v) is 3.47. The number of aromatic amines is 1. The van der Waals surface area contributed by atoms with E-state index in [4.69, 9.17) is 0 Å². The Morgan fingerprint density at radius 3 is 2.44 bits per heavy atom. The van der Waals surface area contributed by atoms with Gasteiger partial charge in [0.1, 0.15) is 17.7 Å². The van der Waals surface area contributed by atoms with Gasteiger partial charge >= 0.3 is 0 Å². The molecule has 8 heteroatoms. The van der Waals surface area contributed by atoms with Crippen LogP contribution in [0.25, 0.3) is 0 Å². The van der Waals surface area contributed by atoms with E-state index in [-0.39, 0.29) is 12.0 Å². The Bertz CT molecular complexity index is 741. The number of hydrogen-bond donors (Lipinski definition) is 3. The van der Waals surface area contributed by atoms with Crippen LogP contribution in [0.4, 0.5) is 14.6 Å². The summed E-state index contributed by atoms with van der Waals surface area (Å²) in [7, 11) is 0. The molecule has 25 heavy (non-hydrogen) atoms. The zero-order chi connectivity index (χ0) is 18.4. The van der Waals surface area contributed by atoms with Crippen molar-refractivity contribution in [1.29, 1.82) is 0 Å². The van der Waals surface area contributed by atoms with Crippen molar-refractivity contribution in [2.24, 2.45) is 0 Å². The predicted molar refractivity (Wildman–Crippen MR) is 88.9 cm³/mol. The maximum absolute atomic E-state index is 13.2. The van der Waals surface area contributed by atoms with Gasteiger partial charge in [0.05, 0.1) is 6.42 Å². The van der Waals surface area contributed by atoms with Gasteiger partial charge in [0.2, 0.25) is 11.8 Å². The maximum atomic E-state index is 13.2. The Balaban J connectivity index is 1.99. The van der Waals surface area contributed by atoms with Gasteiger partial charge in [-0.1, -0.05) is 13.3 Å². The zero-order valence-corrected chi connectivity index (χ0v) is 14.0. The van der Waals surface area contributed by atoms with Gasteiger partial charge < -0.3 is 10.6 Å². The molecule has 0 aliphatic carbocycles. The fourth-order valence-corrected chi connectivity index (χ4v) is 2.40. The summed E-state index contributed by atoms with van der Waals surface area (Å²) in [4.78, 5) is 24.4. The van der Waals surface area contributed by atoms with E-state index >= 15 is 0 Å². The first-order valence-corrected chi connectivity index (χ1v) is 7.94. The standard InChI is InChI=1S/C17H20F2N4O2/c1-3-4-14(17(25)21-15-5-10(2)22-23-15)20-16(24)8-11-6-12(18)9-13(19)7-11/h5-7,9,14H,3-4,8H2,1-2H3,(H,20,24)(H2,21,22,23,25). The molecule has 0 spiro atoms. The maximum Gasteiger partial charge on any atom is 0.248 e. The zero-order valence-electron chi connectivity index (χ0n) is 14.0. The topological polar surface area (TPSA) is 86.9 Å². The van der Waals surface area contributed by atoms with Crippen LogP contribution in [0, 0.1) is 18.6 Å². The summed E-state index contributed by atoms with van der Waals surface area (Å²) in [6.07, 6.45) is 0.884. The molecule has 2 aromatic rings. The van der Waals surface area contributed by atoms with Gasteiger partial charge in [0, 0.05) is 17.8 Å². The molecule has 0 fully saturated rings. The van der Waals surface area contributed by atoms with Gasteiger partial charge in [0.15, 0.2) is 5.82 Å². The molecule has 0 aliphatic heterocycles. The average molecular weight is 350 g/mol. The highest BCUT2D eigenvalue weighted by atomic mass is 19.1. The Labute approximate surface area is 144 Å². The number of rotatable bonds is 7. The second kappa shape index (κ2) is 8.36. The van der Waals surface area contributed by atoms with Crippen LogP contribution in [0.2, 0.25) is 0 Å². The highest BCUT2D eigenvalue weighted by Gasteiger charge is 2.21. The van der Waals surface area contributed by atoms with Crippen molar-refractivity contribution in [3.63, 3.8) is 0 Å². The van der Waals surface area contributed by atoms with E-state index in [1.165, 1.54) is 0 Å². The van der Waals surface area contributed by atoms with Crippen molar-refractivity contribution in [3.05, 3.63) is 47.2 Å². The molecular formula is C17H20F2N4O2. The smallest absolute Gasteiger partial charge is 0.248 e. The SMILES string of the molecule is CCCC(NC(=O)Cc1cc(F)cc(F)c1)C(=O)Nc1cc(C)[nH]n1. The number of nitrogens with one attached hydrogen (secondary N) is 3. The van der Waals surface area contributed by atoms with Gasteiger partial charge in [-0.15, -0.1) is 0 Å². The number of nitrogens with zero attached hydrogens (tertiary/aromatic N) is 1. The van der Waals surface area contributed by atoms with Crippen molar-refractivity contribution < 1.29 is 18.4 Å². The van der Waals surface area contributed by atoms with Crippen LogP contribution >= 0.6 is 0 Å². The summed E-state index contributed by atoms with van der Waals surface area (Å²) in [5.74, 6) is -2.02. The number of hydrogen-bond acceptors (Lipinski definition) is 3. The molecule has 0 saturated carbocycles. The quantitative estimate of drug-likeness (QED) is 0.717. The van der Waals surface area contributed by atoms with Crippen molar-refractivity contribution in [2.75, 3.05) is 5.32 Å². The molecule has 1 aromatic carbocycles. The number of H-pyrrole nitrogens is 1. The van der Waals surface area contributed by atoms with E-state index < -0.39 is 29.5 Å². The molecule has 0 bridgehead atoms. The molecule has 1 heterocycles. The van der Waals surface area contributed by atoms with Gasteiger partial charge in [0.25, 0.3) is 0 Å². The lowest BCUT2D eigenvalue weighted by molar-refractivity contribution is -0.126. The van der Waals surface area contributed by atoms with Crippen molar-refractivity contribution in [2.45, 2.75) is 39.2 Å². The number of aryl methyl sites for hydroxylation is 1. The monoisotopic (exact) mass is 350 g/mol. The first kappa shape index (κ1) is 18.6. The fraction of sp³-hybridized carbons (Fsp3) is 0.353. The Hall–Kier alpha value is -2.77. The number of carbonyl (C=O) groups excluding carboxylic acids is 2. The second-order valence-electron chi connectivity index (χ2n) is 5.79. The minimum absolute atomic E-state index is 0.202. The first-order valence-electron chi connectivity index (χ1n) is 7.94. The molecule has 0 radical (unpaired) electrons. The van der Waals surface area contributed by atoms with Crippen LogP contribution in [-0.2, 0) is 16.0 Å². The van der Waals surface area contributed by atoms with Gasteiger partial charge in [-0.2, -0.15) is 5.10 Å². The highest BCUT2D eigenvalue weighted by molar-refractivity contribution is 5.96. The Kier molecular flexibility index (Phi) is 6.21. The van der Waals surface area contributed by atoms with Crippen LogP contribution < -0.4 is 10.6 Å². The van der Waals surface area contributed by atoms with E-state index in [2.05, 4.69) is 20.8 Å². The van der Waals surface area contributed by atoms with Crippen molar-refractivity contribution in [1.82, 2.24) is 15.5 Å². The van der Waals surface area contributed by atoms with Gasteiger partial charge in [-0.3, -0.25) is 14.7 Å². The van der Waals surface area contributed by atoms with Crippen LogP contribution in [0.5, 0.6) is 0 Å². The lowest BCUT2D eigenvalue weighted by Crippen LogP contribution is -2.44. The third-order valence-electron chi connectivity index (χ3n) is 3.47. The third kappa shape index (κ3) is 5.66. The van der Waals surface area contributed by atoms with Crippen molar-refractivity contribution >= 4 is 17.6 Å². The van der Waals surface area contributed by atoms with Crippen LogP contribution in [0.1, 0.15) is 31.0 Å². The van der Waals surface area contributed by atoms with Crippen LogP contribution in [0.3, 0.4) is 0 Å². The highest BCUT2D eigenvalue weighted by Crippen LogP contribution is 2.10. The number of aromatic nitrogens is 2. The molecule has 6 nitrogen and oxygen atoms in total. The molecule has 1 aromatic heterocycles. The summed E-state index contributed by atoms with van der Waals surface area (Å²) in [6.45, 7) is 3.68. The number of anilines is 1. The summed E-state index contributed by atoms with van der Waals surface area (Å²) < 4.78 is 26.4. The molecule has 0 saturated heterocycles. The molecular weight excluding hydrogens is 330 g/mol. The molecule has 2 amide bonds. The summed E-state index contributed by atoms with van der Waals surface area (Å²) in [5.41, 5.74) is 0.994. The fourth-order valence-electron chi connectivity index (χ4n) is 2.40. The van der Waals surface area contributed by atoms with E-state index in [0.29, 0.717) is 18.7 Å². The molecule has 2 rings (SSSR count). The van der Waals surface area contributed by atoms with E-state index in [0.717, 1.165) is 23.9 Å². The van der Waals surface area contributed by atoms with Crippen molar-refractivity contribution in [3.8, 4) is 0 Å². The second-order valence-corrected chi connectivity index (χ2v) is 5.79. The molecule has 1 unspecified atom stereocenters. The van der Waals surface area contributed by atoms with Crippen LogP contribution in [-0.4, -0.2) is 28.1 Å². The largest absolute Gasteiger partial charge is 0.344 e. The number of carbonyl (C=O) groups is 2. The molecule has 1 atom stereocenters. The predicted octanol–water partition coefficient (Wildman–Crippen LogP) is 2.46. The summed E-state index contributed by atoms with van der Waals surface area (Å²) in [6, 6.07) is 3.82. The van der Waals surface area contributed by atoms with E-state index in [9.17, 15) is 18.4 Å². The minimum atomic E-state index is -0.757. The lowest BCUT2D eigenvalue weighted by atomic mass is 10.1. The average Bonchev–Trinajstić information content (AvgIpc) is 2.90.